The van der Waals surface area contributed by atoms with E-state index >= 15 is 0 Å². The minimum Gasteiger partial charge on any atom is -0.481 e. The SMILES string of the molecule is COc1cc(Cl)nc(S(=O)c2ccccc2)n1. The van der Waals surface area contributed by atoms with Crippen molar-refractivity contribution >= 4 is 22.4 Å². The lowest BCUT2D eigenvalue weighted by atomic mass is 10.4. The number of hydrogen-bond acceptors (Lipinski definition) is 4. The molecular formula is C11H9ClN2O2S. The molecule has 0 saturated heterocycles. The van der Waals surface area contributed by atoms with E-state index in [-0.39, 0.29) is 10.3 Å². The van der Waals surface area contributed by atoms with E-state index in [2.05, 4.69) is 9.97 Å². The Hall–Kier alpha value is -1.46. The van der Waals surface area contributed by atoms with Gasteiger partial charge < -0.3 is 4.74 Å². The third-order valence-corrected chi connectivity index (χ3v) is 3.39. The lowest BCUT2D eigenvalue weighted by Gasteiger charge is -2.03. The lowest BCUT2D eigenvalue weighted by Crippen LogP contribution is -2.01. The Labute approximate surface area is 106 Å². The van der Waals surface area contributed by atoms with E-state index in [4.69, 9.17) is 16.3 Å². The molecule has 4 nitrogen and oxygen atoms in total. The van der Waals surface area contributed by atoms with Crippen LogP contribution in [-0.2, 0) is 10.8 Å². The summed E-state index contributed by atoms with van der Waals surface area (Å²) in [4.78, 5) is 8.56. The Bertz CT molecular complexity index is 548. The van der Waals surface area contributed by atoms with Gasteiger partial charge in [-0.1, -0.05) is 29.8 Å². The van der Waals surface area contributed by atoms with Gasteiger partial charge in [-0.05, 0) is 12.1 Å². The topological polar surface area (TPSA) is 52.1 Å². The summed E-state index contributed by atoms with van der Waals surface area (Å²) in [5.74, 6) is 0.296. The average molecular weight is 269 g/mol. The molecule has 6 heteroatoms. The molecule has 1 aromatic carbocycles. The van der Waals surface area contributed by atoms with Crippen molar-refractivity contribution in [1.29, 1.82) is 0 Å². The third-order valence-electron chi connectivity index (χ3n) is 1.98. The molecule has 0 radical (unpaired) electrons. The first-order chi connectivity index (χ1) is 8.20. The minimum atomic E-state index is -1.46. The van der Waals surface area contributed by atoms with Crippen LogP contribution in [0.3, 0.4) is 0 Å². The first-order valence-electron chi connectivity index (χ1n) is 4.76. The molecule has 2 aromatic rings. The summed E-state index contributed by atoms with van der Waals surface area (Å²) in [5, 5.41) is 0.344. The molecule has 0 fully saturated rings. The number of ether oxygens (including phenoxy) is 1. The van der Waals surface area contributed by atoms with Crippen LogP contribution in [0.4, 0.5) is 0 Å². The predicted molar refractivity (Wildman–Crippen MR) is 64.7 cm³/mol. The van der Waals surface area contributed by atoms with E-state index in [1.165, 1.54) is 13.2 Å². The third kappa shape index (κ3) is 2.81. The summed E-state index contributed by atoms with van der Waals surface area (Å²) in [6.07, 6.45) is 0. The molecular weight excluding hydrogens is 260 g/mol. The van der Waals surface area contributed by atoms with Gasteiger partial charge in [0.05, 0.1) is 7.11 Å². The van der Waals surface area contributed by atoms with Gasteiger partial charge >= 0.3 is 0 Å². The van der Waals surface area contributed by atoms with Crippen molar-refractivity contribution in [3.05, 3.63) is 41.6 Å². The maximum atomic E-state index is 12.1. The van der Waals surface area contributed by atoms with E-state index in [0.717, 1.165) is 0 Å². The highest BCUT2D eigenvalue weighted by Gasteiger charge is 2.12. The second-order valence-corrected chi connectivity index (χ2v) is 4.86. The average Bonchev–Trinajstić information content (AvgIpc) is 2.38. The van der Waals surface area contributed by atoms with Crippen molar-refractivity contribution in [2.75, 3.05) is 7.11 Å². The zero-order valence-corrected chi connectivity index (χ0v) is 10.5. The van der Waals surface area contributed by atoms with Gasteiger partial charge in [-0.25, -0.2) is 9.19 Å². The molecule has 0 aliphatic rings. The molecule has 0 spiro atoms. The normalized spacial score (nSPS) is 12.1. The van der Waals surface area contributed by atoms with Crippen LogP contribution in [0, 0.1) is 0 Å². The van der Waals surface area contributed by atoms with Crippen LogP contribution >= 0.6 is 11.6 Å². The first kappa shape index (κ1) is 12.0. The summed E-state index contributed by atoms with van der Waals surface area (Å²) in [5.41, 5.74) is 0. The Kier molecular flexibility index (Phi) is 3.71. The van der Waals surface area contributed by atoms with E-state index in [0.29, 0.717) is 10.8 Å². The fraction of sp³-hybridized carbons (Fsp3) is 0.0909. The molecule has 1 unspecified atom stereocenters. The summed E-state index contributed by atoms with van der Waals surface area (Å²) in [7, 11) is 0.0105. The van der Waals surface area contributed by atoms with Crippen molar-refractivity contribution in [3.8, 4) is 5.88 Å². The molecule has 1 aromatic heterocycles. The molecule has 0 aliphatic carbocycles. The molecule has 0 saturated carbocycles. The zero-order chi connectivity index (χ0) is 12.3. The van der Waals surface area contributed by atoms with E-state index in [1.807, 2.05) is 6.07 Å². The van der Waals surface area contributed by atoms with Crippen molar-refractivity contribution in [1.82, 2.24) is 9.97 Å². The molecule has 0 N–H and O–H groups in total. The maximum absolute atomic E-state index is 12.1. The number of rotatable bonds is 3. The van der Waals surface area contributed by atoms with Crippen LogP contribution in [0.25, 0.3) is 0 Å². The standard InChI is InChI=1S/C11H9ClN2O2S/c1-16-10-7-9(12)13-11(14-10)17(15)8-5-3-2-4-6-8/h2-7H,1H3. The molecule has 1 heterocycles. The number of aromatic nitrogens is 2. The predicted octanol–water partition coefficient (Wildman–Crippen LogP) is 2.31. The first-order valence-corrected chi connectivity index (χ1v) is 6.29. The fourth-order valence-electron chi connectivity index (χ4n) is 1.21. The van der Waals surface area contributed by atoms with E-state index in [9.17, 15) is 4.21 Å². The van der Waals surface area contributed by atoms with Gasteiger partial charge in [0, 0.05) is 11.0 Å². The van der Waals surface area contributed by atoms with Gasteiger partial charge in [-0.2, -0.15) is 4.98 Å². The molecule has 0 bridgehead atoms. The molecule has 2 rings (SSSR count). The zero-order valence-electron chi connectivity index (χ0n) is 8.96. The number of hydrogen-bond donors (Lipinski definition) is 0. The Balaban J connectivity index is 2.41. The second-order valence-electron chi connectivity index (χ2n) is 3.10. The van der Waals surface area contributed by atoms with E-state index in [1.54, 1.807) is 24.3 Å². The largest absolute Gasteiger partial charge is 0.481 e. The van der Waals surface area contributed by atoms with Crippen LogP contribution in [0.15, 0.2) is 46.5 Å². The van der Waals surface area contributed by atoms with Crippen molar-refractivity contribution in [3.63, 3.8) is 0 Å². The van der Waals surface area contributed by atoms with Crippen molar-refractivity contribution in [2.45, 2.75) is 10.1 Å². The van der Waals surface area contributed by atoms with Crippen molar-refractivity contribution in [2.24, 2.45) is 0 Å². The number of halogens is 1. The van der Waals surface area contributed by atoms with Crippen LogP contribution in [0.2, 0.25) is 5.15 Å². The van der Waals surface area contributed by atoms with Crippen LogP contribution < -0.4 is 4.74 Å². The molecule has 0 aliphatic heterocycles. The maximum Gasteiger partial charge on any atom is 0.228 e. The highest BCUT2D eigenvalue weighted by molar-refractivity contribution is 7.84. The van der Waals surface area contributed by atoms with Gasteiger partial charge in [-0.3, -0.25) is 0 Å². The molecule has 1 atom stereocenters. The van der Waals surface area contributed by atoms with Crippen molar-refractivity contribution < 1.29 is 8.95 Å². The summed E-state index contributed by atoms with van der Waals surface area (Å²) in [6, 6.07) is 10.4. The number of nitrogens with zero attached hydrogens (tertiary/aromatic N) is 2. The lowest BCUT2D eigenvalue weighted by molar-refractivity contribution is 0.392. The highest BCUT2D eigenvalue weighted by atomic mass is 35.5. The summed E-state index contributed by atoms with van der Waals surface area (Å²) >= 11 is 5.79. The van der Waals surface area contributed by atoms with Gasteiger partial charge in [0.15, 0.2) is 0 Å². The summed E-state index contributed by atoms with van der Waals surface area (Å²) in [6.45, 7) is 0. The van der Waals surface area contributed by atoms with Crippen LogP contribution in [0.5, 0.6) is 5.88 Å². The van der Waals surface area contributed by atoms with Gasteiger partial charge in [-0.15, -0.1) is 0 Å². The molecule has 0 amide bonds. The fourth-order valence-corrected chi connectivity index (χ4v) is 2.41. The summed E-state index contributed by atoms with van der Waals surface area (Å²) < 4.78 is 17.1. The van der Waals surface area contributed by atoms with Crippen LogP contribution in [-0.4, -0.2) is 21.3 Å². The Morgan fingerprint density at radius 1 is 1.24 bits per heavy atom. The highest BCUT2D eigenvalue weighted by Crippen LogP contribution is 2.18. The van der Waals surface area contributed by atoms with Gasteiger partial charge in [0.2, 0.25) is 11.0 Å². The Morgan fingerprint density at radius 3 is 2.59 bits per heavy atom. The monoisotopic (exact) mass is 268 g/mol. The number of benzene rings is 1. The molecule has 17 heavy (non-hydrogen) atoms. The smallest absolute Gasteiger partial charge is 0.228 e. The molecule has 88 valence electrons. The van der Waals surface area contributed by atoms with Crippen LogP contribution in [0.1, 0.15) is 0 Å². The number of methoxy groups -OCH3 is 1. The van der Waals surface area contributed by atoms with E-state index < -0.39 is 10.8 Å². The van der Waals surface area contributed by atoms with Gasteiger partial charge in [0.1, 0.15) is 16.0 Å². The van der Waals surface area contributed by atoms with Gasteiger partial charge in [0.25, 0.3) is 0 Å². The quantitative estimate of drug-likeness (QED) is 0.633. The Morgan fingerprint density at radius 2 is 1.94 bits per heavy atom. The minimum absolute atomic E-state index is 0.139. The second kappa shape index (κ2) is 5.25.